The summed E-state index contributed by atoms with van der Waals surface area (Å²) < 4.78 is 10.7. The highest BCUT2D eigenvalue weighted by Gasteiger charge is 2.30. The molecule has 0 spiro atoms. The van der Waals surface area contributed by atoms with Crippen molar-refractivity contribution in [3.05, 3.63) is 0 Å². The van der Waals surface area contributed by atoms with Crippen LogP contribution in [0.4, 0.5) is 0 Å². The van der Waals surface area contributed by atoms with Crippen molar-refractivity contribution in [2.75, 3.05) is 19.8 Å². The molecule has 0 aromatic heterocycles. The molecule has 0 radical (unpaired) electrons. The van der Waals surface area contributed by atoms with E-state index in [0.717, 1.165) is 19.3 Å². The lowest BCUT2D eigenvalue weighted by atomic mass is 10.1. The molecular weight excluding hydrogens is 262 g/mol. The van der Waals surface area contributed by atoms with Crippen molar-refractivity contribution in [3.8, 4) is 0 Å². The number of amides is 1. The highest BCUT2D eigenvalue weighted by Crippen LogP contribution is 2.16. The Morgan fingerprint density at radius 2 is 2.20 bits per heavy atom. The van der Waals surface area contributed by atoms with Crippen molar-refractivity contribution in [1.29, 1.82) is 0 Å². The topological polar surface area (TPSA) is 47.6 Å². The molecule has 1 N–H and O–H groups in total. The Bertz CT molecular complexity index is 231. The molecule has 0 bridgehead atoms. The maximum atomic E-state index is 11.8. The van der Waals surface area contributed by atoms with Gasteiger partial charge in [0, 0.05) is 6.61 Å². The monoisotopic (exact) mass is 277 g/mol. The number of rotatable bonds is 2. The highest BCUT2D eigenvalue weighted by molar-refractivity contribution is 9.09. The molecule has 2 aliphatic heterocycles. The summed E-state index contributed by atoms with van der Waals surface area (Å²) in [6.45, 7) is 1.96. The number of hydrogen-bond acceptors (Lipinski definition) is 3. The quantitative estimate of drug-likeness (QED) is 0.761. The average Bonchev–Trinajstić information content (AvgIpc) is 2.66. The Morgan fingerprint density at radius 1 is 1.33 bits per heavy atom. The molecule has 15 heavy (non-hydrogen) atoms. The molecule has 4 nitrogen and oxygen atoms in total. The summed E-state index contributed by atoms with van der Waals surface area (Å²) in [5.41, 5.74) is 0. The van der Waals surface area contributed by atoms with Gasteiger partial charge in [0.05, 0.1) is 24.1 Å². The first kappa shape index (κ1) is 11.4. The normalized spacial score (nSPS) is 36.5. The van der Waals surface area contributed by atoms with E-state index < -0.39 is 0 Å². The molecule has 86 valence electrons. The Balaban J connectivity index is 1.80. The fourth-order valence-electron chi connectivity index (χ4n) is 1.88. The van der Waals surface area contributed by atoms with Gasteiger partial charge in [-0.1, -0.05) is 15.9 Å². The largest absolute Gasteiger partial charge is 0.378 e. The summed E-state index contributed by atoms with van der Waals surface area (Å²) in [6.07, 6.45) is 2.74. The molecule has 2 rings (SSSR count). The van der Waals surface area contributed by atoms with E-state index in [0.29, 0.717) is 19.8 Å². The minimum Gasteiger partial charge on any atom is -0.378 e. The van der Waals surface area contributed by atoms with Gasteiger partial charge in [-0.25, -0.2) is 0 Å². The van der Waals surface area contributed by atoms with E-state index >= 15 is 0 Å². The molecule has 0 saturated carbocycles. The van der Waals surface area contributed by atoms with Gasteiger partial charge >= 0.3 is 0 Å². The molecule has 2 heterocycles. The minimum atomic E-state index is -0.251. The third-order valence-electron chi connectivity index (χ3n) is 2.81. The Kier molecular flexibility index (Phi) is 3.99. The van der Waals surface area contributed by atoms with E-state index in [-0.39, 0.29) is 22.9 Å². The van der Waals surface area contributed by atoms with Crippen LogP contribution in [-0.2, 0) is 14.3 Å². The van der Waals surface area contributed by atoms with Crippen LogP contribution >= 0.6 is 15.9 Å². The molecule has 3 atom stereocenters. The number of hydrogen-bond donors (Lipinski definition) is 1. The summed E-state index contributed by atoms with van der Waals surface area (Å²) in [4.78, 5) is 12.0. The smallest absolute Gasteiger partial charge is 0.249 e. The van der Waals surface area contributed by atoms with Gasteiger partial charge in [-0.05, 0) is 19.3 Å². The number of nitrogens with one attached hydrogen (secondary N) is 1. The molecule has 0 aromatic carbocycles. The zero-order valence-electron chi connectivity index (χ0n) is 8.58. The van der Waals surface area contributed by atoms with Gasteiger partial charge in [0.2, 0.25) is 5.91 Å². The van der Waals surface area contributed by atoms with E-state index in [2.05, 4.69) is 21.2 Å². The Morgan fingerprint density at radius 3 is 2.80 bits per heavy atom. The average molecular weight is 278 g/mol. The van der Waals surface area contributed by atoms with Crippen LogP contribution in [0.3, 0.4) is 0 Å². The molecule has 2 aliphatic rings. The molecule has 1 amide bonds. The molecule has 2 saturated heterocycles. The van der Waals surface area contributed by atoms with Crippen molar-refractivity contribution in [2.24, 2.45) is 0 Å². The standard InChI is InChI=1S/C10H16BrNO3/c11-7-5-14-6-8(7)12-10(13)9-3-1-2-4-15-9/h7-9H,1-6H2,(H,12,13). The van der Waals surface area contributed by atoms with E-state index in [9.17, 15) is 4.79 Å². The zero-order chi connectivity index (χ0) is 10.7. The van der Waals surface area contributed by atoms with Gasteiger partial charge in [0.1, 0.15) is 6.10 Å². The predicted molar refractivity (Wildman–Crippen MR) is 59.1 cm³/mol. The maximum absolute atomic E-state index is 11.8. The third-order valence-corrected chi connectivity index (χ3v) is 3.71. The molecule has 5 heteroatoms. The van der Waals surface area contributed by atoms with Crippen LogP contribution in [-0.4, -0.2) is 42.7 Å². The number of ether oxygens (including phenoxy) is 2. The third kappa shape index (κ3) is 2.92. The van der Waals surface area contributed by atoms with Crippen LogP contribution < -0.4 is 5.32 Å². The van der Waals surface area contributed by atoms with Crippen molar-refractivity contribution in [2.45, 2.75) is 36.2 Å². The van der Waals surface area contributed by atoms with Gasteiger partial charge in [-0.2, -0.15) is 0 Å². The maximum Gasteiger partial charge on any atom is 0.249 e. The number of alkyl halides is 1. The highest BCUT2D eigenvalue weighted by atomic mass is 79.9. The fraction of sp³-hybridized carbons (Fsp3) is 0.900. The molecule has 0 aliphatic carbocycles. The van der Waals surface area contributed by atoms with Gasteiger partial charge < -0.3 is 14.8 Å². The SMILES string of the molecule is O=C(NC1COCC1Br)C1CCCCO1. The van der Waals surface area contributed by atoms with E-state index in [4.69, 9.17) is 9.47 Å². The van der Waals surface area contributed by atoms with Gasteiger partial charge in [-0.15, -0.1) is 0 Å². The first-order valence-corrected chi connectivity index (χ1v) is 6.33. The lowest BCUT2D eigenvalue weighted by Gasteiger charge is -2.24. The van der Waals surface area contributed by atoms with E-state index in [1.807, 2.05) is 0 Å². The van der Waals surface area contributed by atoms with Crippen LogP contribution in [0.15, 0.2) is 0 Å². The molecule has 2 fully saturated rings. The molecule has 3 unspecified atom stereocenters. The van der Waals surface area contributed by atoms with Gasteiger partial charge in [0.25, 0.3) is 0 Å². The first-order valence-electron chi connectivity index (χ1n) is 5.41. The van der Waals surface area contributed by atoms with Gasteiger partial charge in [0.15, 0.2) is 0 Å². The van der Waals surface area contributed by atoms with Crippen molar-refractivity contribution >= 4 is 21.8 Å². The summed E-state index contributed by atoms with van der Waals surface area (Å²) in [5.74, 6) is 0.00894. The Hall–Kier alpha value is -0.130. The van der Waals surface area contributed by atoms with Crippen LogP contribution in [0.5, 0.6) is 0 Å². The van der Waals surface area contributed by atoms with Crippen LogP contribution in [0.1, 0.15) is 19.3 Å². The lowest BCUT2D eigenvalue weighted by Crippen LogP contribution is -2.46. The second-order valence-electron chi connectivity index (χ2n) is 4.02. The predicted octanol–water partition coefficient (Wildman–Crippen LogP) is 0.834. The lowest BCUT2D eigenvalue weighted by molar-refractivity contribution is -0.136. The van der Waals surface area contributed by atoms with Gasteiger partial charge in [-0.3, -0.25) is 4.79 Å². The van der Waals surface area contributed by atoms with Crippen LogP contribution in [0, 0.1) is 0 Å². The zero-order valence-corrected chi connectivity index (χ0v) is 10.2. The van der Waals surface area contributed by atoms with Crippen LogP contribution in [0.2, 0.25) is 0 Å². The second kappa shape index (κ2) is 5.27. The first-order chi connectivity index (χ1) is 7.27. The number of carbonyl (C=O) groups excluding carboxylic acids is 1. The van der Waals surface area contributed by atoms with Crippen molar-refractivity contribution in [3.63, 3.8) is 0 Å². The summed E-state index contributed by atoms with van der Waals surface area (Å²) >= 11 is 3.48. The minimum absolute atomic E-state index is 0.00894. The summed E-state index contributed by atoms with van der Waals surface area (Å²) in [6, 6.07) is 0.0861. The van der Waals surface area contributed by atoms with E-state index in [1.54, 1.807) is 0 Å². The Labute approximate surface area is 97.8 Å². The summed E-state index contributed by atoms with van der Waals surface area (Å²) in [5, 5.41) is 2.96. The van der Waals surface area contributed by atoms with Crippen molar-refractivity contribution < 1.29 is 14.3 Å². The second-order valence-corrected chi connectivity index (χ2v) is 5.20. The summed E-state index contributed by atoms with van der Waals surface area (Å²) in [7, 11) is 0. The molecule has 0 aromatic rings. The fourth-order valence-corrected chi connectivity index (χ4v) is 2.36. The number of halogens is 1. The molecular formula is C10H16BrNO3. The van der Waals surface area contributed by atoms with Crippen LogP contribution in [0.25, 0.3) is 0 Å². The number of carbonyl (C=O) groups is 1. The van der Waals surface area contributed by atoms with Crippen molar-refractivity contribution in [1.82, 2.24) is 5.32 Å². The van der Waals surface area contributed by atoms with E-state index in [1.165, 1.54) is 0 Å².